The molecule has 1 amide bonds. The van der Waals surface area contributed by atoms with E-state index in [4.69, 9.17) is 9.26 Å². The molecule has 25 heavy (non-hydrogen) atoms. The van der Waals surface area contributed by atoms with Crippen molar-refractivity contribution in [1.82, 2.24) is 10.1 Å². The molecule has 0 saturated carbocycles. The smallest absolute Gasteiger partial charge is 0.330 e. The van der Waals surface area contributed by atoms with Crippen LogP contribution in [-0.2, 0) is 20.9 Å². The lowest BCUT2D eigenvalue weighted by molar-refractivity contribution is -0.154. The molecule has 2 fully saturated rings. The van der Waals surface area contributed by atoms with Crippen LogP contribution >= 0.6 is 11.8 Å². The maximum Gasteiger partial charge on any atom is 0.330 e. The first-order valence-corrected chi connectivity index (χ1v) is 9.19. The Morgan fingerprint density at radius 3 is 3.04 bits per heavy atom. The van der Waals surface area contributed by atoms with Gasteiger partial charge < -0.3 is 14.2 Å². The number of amides is 1. The second-order valence-corrected chi connectivity index (χ2v) is 7.92. The average Bonchev–Trinajstić information content (AvgIpc) is 3.30. The average molecular weight is 358 g/mol. The van der Waals surface area contributed by atoms with E-state index in [1.165, 1.54) is 0 Å². The largest absolute Gasteiger partial charge is 0.457 e. The number of thioether (sulfide) groups is 1. The van der Waals surface area contributed by atoms with Crippen molar-refractivity contribution in [1.29, 1.82) is 0 Å². The molecule has 0 bridgehead atoms. The van der Waals surface area contributed by atoms with E-state index in [2.05, 4.69) is 5.16 Å². The molecule has 6 nitrogen and oxygen atoms in total. The van der Waals surface area contributed by atoms with E-state index in [1.807, 2.05) is 37.3 Å². The van der Waals surface area contributed by atoms with Gasteiger partial charge in [-0.05, 0) is 13.3 Å². The number of nitrogens with zero attached hydrogens (tertiary/aromatic N) is 2. The Morgan fingerprint density at radius 2 is 2.24 bits per heavy atom. The zero-order valence-electron chi connectivity index (χ0n) is 13.8. The zero-order chi connectivity index (χ0) is 17.4. The van der Waals surface area contributed by atoms with Crippen LogP contribution in [0.25, 0.3) is 11.3 Å². The van der Waals surface area contributed by atoms with Crippen molar-refractivity contribution in [2.24, 2.45) is 0 Å². The highest BCUT2D eigenvalue weighted by Crippen LogP contribution is 2.47. The first kappa shape index (κ1) is 16.2. The summed E-state index contributed by atoms with van der Waals surface area (Å²) in [5, 5.41) is 3.95. The summed E-state index contributed by atoms with van der Waals surface area (Å²) >= 11 is 1.65. The molecule has 0 N–H and O–H groups in total. The number of hydrogen-bond donors (Lipinski definition) is 0. The van der Waals surface area contributed by atoms with E-state index in [9.17, 15) is 9.59 Å². The molecule has 2 aliphatic rings. The lowest BCUT2D eigenvalue weighted by atomic mass is 10.2. The molecule has 0 spiro atoms. The summed E-state index contributed by atoms with van der Waals surface area (Å²) in [5.41, 5.74) is 1.46. The van der Waals surface area contributed by atoms with Crippen LogP contribution in [0.4, 0.5) is 0 Å². The molecule has 2 aliphatic heterocycles. The van der Waals surface area contributed by atoms with Crippen molar-refractivity contribution in [2.75, 3.05) is 5.75 Å². The highest BCUT2D eigenvalue weighted by Gasteiger charge is 2.53. The summed E-state index contributed by atoms with van der Waals surface area (Å²) in [7, 11) is 0. The first-order valence-electron chi connectivity index (χ1n) is 8.21. The Balaban J connectivity index is 1.40. The van der Waals surface area contributed by atoms with Crippen molar-refractivity contribution in [2.45, 2.75) is 37.3 Å². The number of aromatic nitrogens is 1. The van der Waals surface area contributed by atoms with E-state index in [-0.39, 0.29) is 23.4 Å². The summed E-state index contributed by atoms with van der Waals surface area (Å²) in [6.45, 7) is 2.05. The van der Waals surface area contributed by atoms with Crippen LogP contribution in [0.2, 0.25) is 0 Å². The second-order valence-electron chi connectivity index (χ2n) is 6.42. The Kier molecular flexibility index (Phi) is 4.03. The van der Waals surface area contributed by atoms with Gasteiger partial charge in [-0.25, -0.2) is 4.79 Å². The van der Waals surface area contributed by atoms with Crippen molar-refractivity contribution >= 4 is 23.6 Å². The summed E-state index contributed by atoms with van der Waals surface area (Å²) in [5.74, 6) is 0.859. The van der Waals surface area contributed by atoms with Gasteiger partial charge in [0.05, 0.1) is 4.87 Å². The van der Waals surface area contributed by atoms with Crippen molar-refractivity contribution in [3.05, 3.63) is 42.1 Å². The number of benzene rings is 1. The number of hydrogen-bond acceptors (Lipinski definition) is 6. The predicted molar refractivity (Wildman–Crippen MR) is 92.5 cm³/mol. The molecule has 1 aromatic heterocycles. The monoisotopic (exact) mass is 358 g/mol. The molecule has 4 rings (SSSR count). The number of esters is 1. The van der Waals surface area contributed by atoms with Crippen LogP contribution in [-0.4, -0.2) is 38.6 Å². The number of fused-ring (bicyclic) bond motifs is 1. The van der Waals surface area contributed by atoms with E-state index in [0.29, 0.717) is 23.6 Å². The molecular formula is C18H18N2O4S. The molecule has 130 valence electrons. The Bertz CT molecular complexity index is 806. The highest BCUT2D eigenvalue weighted by atomic mass is 32.2. The van der Waals surface area contributed by atoms with Gasteiger partial charge in [0.15, 0.2) is 5.76 Å². The van der Waals surface area contributed by atoms with Gasteiger partial charge in [-0.2, -0.15) is 0 Å². The predicted octanol–water partition coefficient (Wildman–Crippen LogP) is 2.84. The Hall–Kier alpha value is -2.28. The van der Waals surface area contributed by atoms with Crippen molar-refractivity contribution in [3.63, 3.8) is 0 Å². The highest BCUT2D eigenvalue weighted by molar-refractivity contribution is 8.01. The minimum Gasteiger partial charge on any atom is -0.457 e. The molecule has 0 aliphatic carbocycles. The minimum absolute atomic E-state index is 0.0299. The SMILES string of the molecule is C[C@]12CCC(=O)N1[C@H](C(=O)OCc1cc(-c3ccccc3)on1)CS2. The number of rotatable bonds is 4. The summed E-state index contributed by atoms with van der Waals surface area (Å²) < 4.78 is 10.7. The van der Waals surface area contributed by atoms with E-state index in [1.54, 1.807) is 22.7 Å². The molecule has 1 aromatic carbocycles. The van der Waals surface area contributed by atoms with Gasteiger partial charge in [0.1, 0.15) is 18.3 Å². The normalized spacial score (nSPS) is 25.2. The van der Waals surface area contributed by atoms with Gasteiger partial charge in [0.25, 0.3) is 0 Å². The molecule has 0 radical (unpaired) electrons. The molecular weight excluding hydrogens is 340 g/mol. The van der Waals surface area contributed by atoms with Gasteiger partial charge >= 0.3 is 5.97 Å². The fraction of sp³-hybridized carbons (Fsp3) is 0.389. The maximum absolute atomic E-state index is 12.4. The van der Waals surface area contributed by atoms with Crippen LogP contribution in [0, 0.1) is 0 Å². The summed E-state index contributed by atoms with van der Waals surface area (Å²) in [6.07, 6.45) is 1.28. The Morgan fingerprint density at radius 1 is 1.44 bits per heavy atom. The molecule has 0 unspecified atom stereocenters. The standard InChI is InChI=1S/C18H18N2O4S/c1-18-8-7-16(21)20(18)14(11-25-18)17(22)23-10-13-9-15(24-19-13)12-5-3-2-4-6-12/h2-6,9,14H,7-8,10-11H2,1H3/t14-,18-/m0/s1. The number of carbonyl (C=O) groups excluding carboxylic acids is 2. The molecule has 7 heteroatoms. The van der Waals surface area contributed by atoms with Gasteiger partial charge in [-0.1, -0.05) is 35.5 Å². The van der Waals surface area contributed by atoms with Crippen molar-refractivity contribution in [3.8, 4) is 11.3 Å². The quantitative estimate of drug-likeness (QED) is 0.783. The van der Waals surface area contributed by atoms with Crippen LogP contribution in [0.1, 0.15) is 25.5 Å². The van der Waals surface area contributed by atoms with Crippen LogP contribution < -0.4 is 0 Å². The van der Waals surface area contributed by atoms with Crippen LogP contribution in [0.15, 0.2) is 40.9 Å². The molecule has 2 aromatic rings. The topological polar surface area (TPSA) is 72.6 Å². The third-order valence-corrected chi connectivity index (χ3v) is 6.20. The first-order chi connectivity index (χ1) is 12.1. The molecule has 2 saturated heterocycles. The Labute approximate surface area is 149 Å². The van der Waals surface area contributed by atoms with E-state index >= 15 is 0 Å². The fourth-order valence-electron chi connectivity index (χ4n) is 3.35. The fourth-order valence-corrected chi connectivity index (χ4v) is 4.77. The maximum atomic E-state index is 12.4. The minimum atomic E-state index is -0.509. The third-order valence-electron chi connectivity index (χ3n) is 4.70. The van der Waals surface area contributed by atoms with Gasteiger partial charge in [0.2, 0.25) is 5.91 Å². The van der Waals surface area contributed by atoms with Gasteiger partial charge in [-0.15, -0.1) is 11.8 Å². The second kappa shape index (κ2) is 6.22. The summed E-state index contributed by atoms with van der Waals surface area (Å²) in [6, 6.07) is 10.9. The van der Waals surface area contributed by atoms with E-state index in [0.717, 1.165) is 12.0 Å². The number of carbonyl (C=O) groups is 2. The lowest BCUT2D eigenvalue weighted by Crippen LogP contribution is -2.46. The summed E-state index contributed by atoms with van der Waals surface area (Å²) in [4.78, 5) is 25.9. The van der Waals surface area contributed by atoms with E-state index < -0.39 is 6.04 Å². The lowest BCUT2D eigenvalue weighted by Gasteiger charge is -2.29. The zero-order valence-corrected chi connectivity index (χ0v) is 14.6. The molecule has 3 heterocycles. The van der Waals surface area contributed by atoms with Crippen LogP contribution in [0.3, 0.4) is 0 Å². The third kappa shape index (κ3) is 2.93. The van der Waals surface area contributed by atoms with Crippen LogP contribution in [0.5, 0.6) is 0 Å². The van der Waals surface area contributed by atoms with Gasteiger partial charge in [-0.3, -0.25) is 4.79 Å². The number of ether oxygens (including phenoxy) is 1. The van der Waals surface area contributed by atoms with Crippen molar-refractivity contribution < 1.29 is 18.8 Å². The molecule has 2 atom stereocenters. The van der Waals surface area contributed by atoms with Gasteiger partial charge in [0, 0.05) is 23.8 Å².